The molecule has 1 N–H and O–H groups in total. The van der Waals surface area contributed by atoms with E-state index in [0.717, 1.165) is 19.6 Å². The van der Waals surface area contributed by atoms with Gasteiger partial charge in [-0.05, 0) is 44.1 Å². The maximum atomic E-state index is 3.49. The molecule has 1 aromatic carbocycles. The molecule has 112 valence electrons. The van der Waals surface area contributed by atoms with Crippen LogP contribution in [0, 0.1) is 6.92 Å². The maximum absolute atomic E-state index is 3.49. The molecule has 0 radical (unpaired) electrons. The zero-order chi connectivity index (χ0) is 14.4. The van der Waals surface area contributed by atoms with Crippen LogP contribution in [0.2, 0.25) is 0 Å². The molecule has 3 nitrogen and oxygen atoms in total. The van der Waals surface area contributed by atoms with Gasteiger partial charge in [0.25, 0.3) is 0 Å². The number of hydrogen-bond acceptors (Lipinski definition) is 3. The van der Waals surface area contributed by atoms with Crippen LogP contribution in [-0.2, 0) is 0 Å². The van der Waals surface area contributed by atoms with E-state index in [-0.39, 0.29) is 0 Å². The summed E-state index contributed by atoms with van der Waals surface area (Å²) in [6.45, 7) is 13.6. The average Bonchev–Trinajstić information content (AvgIpc) is 2.44. The predicted molar refractivity (Wildman–Crippen MR) is 87.6 cm³/mol. The highest BCUT2D eigenvalue weighted by atomic mass is 15.3. The van der Waals surface area contributed by atoms with Crippen LogP contribution < -0.4 is 10.2 Å². The number of rotatable bonds is 6. The van der Waals surface area contributed by atoms with E-state index in [1.54, 1.807) is 0 Å². The number of benzene rings is 1. The third kappa shape index (κ3) is 4.80. The number of aryl methyl sites for hydroxylation is 1. The molecule has 0 aromatic heterocycles. The first kappa shape index (κ1) is 15.3. The first-order chi connectivity index (χ1) is 9.65. The van der Waals surface area contributed by atoms with Gasteiger partial charge in [-0.3, -0.25) is 4.90 Å². The van der Waals surface area contributed by atoms with E-state index in [4.69, 9.17) is 0 Å². The summed E-state index contributed by atoms with van der Waals surface area (Å²) in [5.74, 6) is 0. The second kappa shape index (κ2) is 7.65. The molecular formula is C17H29N3. The minimum Gasteiger partial charge on any atom is -0.369 e. The van der Waals surface area contributed by atoms with Gasteiger partial charge < -0.3 is 10.2 Å². The molecule has 1 aliphatic rings. The minimum absolute atomic E-state index is 0.605. The summed E-state index contributed by atoms with van der Waals surface area (Å²) in [6, 6.07) is 9.46. The van der Waals surface area contributed by atoms with Crippen molar-refractivity contribution in [2.45, 2.75) is 33.2 Å². The van der Waals surface area contributed by atoms with Crippen molar-refractivity contribution in [1.29, 1.82) is 0 Å². The van der Waals surface area contributed by atoms with Crippen LogP contribution in [0.4, 0.5) is 5.69 Å². The second-order valence-electron chi connectivity index (χ2n) is 6.13. The molecule has 0 unspecified atom stereocenters. The fraction of sp³-hybridized carbons (Fsp3) is 0.647. The fourth-order valence-corrected chi connectivity index (χ4v) is 2.75. The van der Waals surface area contributed by atoms with Gasteiger partial charge in [0.15, 0.2) is 0 Å². The molecule has 1 aliphatic heterocycles. The van der Waals surface area contributed by atoms with Crippen molar-refractivity contribution in [3.8, 4) is 0 Å². The number of nitrogens with one attached hydrogen (secondary N) is 1. The molecule has 3 heteroatoms. The molecule has 1 saturated heterocycles. The lowest BCUT2D eigenvalue weighted by molar-refractivity contribution is 0.253. The minimum atomic E-state index is 0.605. The van der Waals surface area contributed by atoms with Crippen molar-refractivity contribution < 1.29 is 0 Å². The van der Waals surface area contributed by atoms with Gasteiger partial charge in [-0.1, -0.05) is 26.0 Å². The molecule has 1 heterocycles. The predicted octanol–water partition coefficient (Wildman–Crippen LogP) is 2.51. The molecule has 2 rings (SSSR count). The highest BCUT2D eigenvalue weighted by molar-refractivity contribution is 5.48. The lowest BCUT2D eigenvalue weighted by Crippen LogP contribution is -2.47. The van der Waals surface area contributed by atoms with Gasteiger partial charge in [-0.15, -0.1) is 0 Å². The van der Waals surface area contributed by atoms with Gasteiger partial charge in [0.05, 0.1) is 0 Å². The zero-order valence-electron chi connectivity index (χ0n) is 13.2. The van der Waals surface area contributed by atoms with Crippen LogP contribution in [0.15, 0.2) is 24.3 Å². The Hall–Kier alpha value is -1.06. The Morgan fingerprint density at radius 2 is 1.90 bits per heavy atom. The van der Waals surface area contributed by atoms with Gasteiger partial charge in [-0.2, -0.15) is 0 Å². The molecule has 0 saturated carbocycles. The van der Waals surface area contributed by atoms with Gasteiger partial charge >= 0.3 is 0 Å². The molecule has 0 amide bonds. The van der Waals surface area contributed by atoms with E-state index < -0.39 is 0 Å². The van der Waals surface area contributed by atoms with Crippen molar-refractivity contribution in [1.82, 2.24) is 10.2 Å². The number of nitrogens with zero attached hydrogens (tertiary/aromatic N) is 2. The van der Waals surface area contributed by atoms with E-state index in [1.807, 2.05) is 0 Å². The summed E-state index contributed by atoms with van der Waals surface area (Å²) in [6.07, 6.45) is 1.25. The van der Waals surface area contributed by atoms with E-state index in [0.29, 0.717) is 6.04 Å². The number of piperazine rings is 1. The summed E-state index contributed by atoms with van der Waals surface area (Å²) < 4.78 is 0. The van der Waals surface area contributed by atoms with Crippen LogP contribution in [0.3, 0.4) is 0 Å². The largest absolute Gasteiger partial charge is 0.369 e. The molecule has 1 fully saturated rings. The van der Waals surface area contributed by atoms with Crippen LogP contribution in [0.5, 0.6) is 0 Å². The Morgan fingerprint density at radius 3 is 2.55 bits per heavy atom. The van der Waals surface area contributed by atoms with E-state index in [1.165, 1.54) is 37.3 Å². The summed E-state index contributed by atoms with van der Waals surface area (Å²) in [5.41, 5.74) is 2.73. The van der Waals surface area contributed by atoms with Gasteiger partial charge in [0, 0.05) is 37.9 Å². The van der Waals surface area contributed by atoms with E-state index in [9.17, 15) is 0 Å². The molecule has 0 aliphatic carbocycles. The van der Waals surface area contributed by atoms with E-state index >= 15 is 0 Å². The SMILES string of the molecule is Cc1cccc(N2CCN(CCCNC(C)C)CC2)c1. The third-order valence-electron chi connectivity index (χ3n) is 3.94. The monoisotopic (exact) mass is 275 g/mol. The average molecular weight is 275 g/mol. The van der Waals surface area contributed by atoms with Crippen molar-refractivity contribution >= 4 is 5.69 Å². The van der Waals surface area contributed by atoms with Gasteiger partial charge in [-0.25, -0.2) is 0 Å². The highest BCUT2D eigenvalue weighted by Gasteiger charge is 2.16. The molecule has 0 spiro atoms. The Kier molecular flexibility index (Phi) is 5.86. The number of hydrogen-bond donors (Lipinski definition) is 1. The van der Waals surface area contributed by atoms with Crippen LogP contribution in [-0.4, -0.2) is 50.2 Å². The molecule has 0 atom stereocenters. The van der Waals surface area contributed by atoms with Crippen molar-refractivity contribution in [2.75, 3.05) is 44.2 Å². The summed E-state index contributed by atoms with van der Waals surface area (Å²) in [5, 5.41) is 3.49. The van der Waals surface area contributed by atoms with Crippen LogP contribution in [0.1, 0.15) is 25.8 Å². The number of anilines is 1. The molecule has 1 aromatic rings. The first-order valence-corrected chi connectivity index (χ1v) is 7.92. The zero-order valence-corrected chi connectivity index (χ0v) is 13.2. The Morgan fingerprint density at radius 1 is 1.15 bits per heavy atom. The van der Waals surface area contributed by atoms with Crippen LogP contribution in [0.25, 0.3) is 0 Å². The first-order valence-electron chi connectivity index (χ1n) is 7.92. The molecule has 0 bridgehead atoms. The quantitative estimate of drug-likeness (QED) is 0.805. The Labute approximate surface area is 124 Å². The van der Waals surface area contributed by atoms with Gasteiger partial charge in [0.1, 0.15) is 0 Å². The summed E-state index contributed by atoms with van der Waals surface area (Å²) in [7, 11) is 0. The van der Waals surface area contributed by atoms with Crippen LogP contribution >= 0.6 is 0 Å². The standard InChI is InChI=1S/C17H29N3/c1-15(2)18-8-5-9-19-10-12-20(13-11-19)17-7-4-6-16(3)14-17/h4,6-7,14-15,18H,5,8-13H2,1-3H3. The van der Waals surface area contributed by atoms with Crippen molar-refractivity contribution in [3.05, 3.63) is 29.8 Å². The lowest BCUT2D eigenvalue weighted by atomic mass is 10.2. The molecular weight excluding hydrogens is 246 g/mol. The Balaban J connectivity index is 1.70. The van der Waals surface area contributed by atoms with Gasteiger partial charge in [0.2, 0.25) is 0 Å². The smallest absolute Gasteiger partial charge is 0.0369 e. The maximum Gasteiger partial charge on any atom is 0.0369 e. The van der Waals surface area contributed by atoms with Crippen molar-refractivity contribution in [3.63, 3.8) is 0 Å². The Bertz CT molecular complexity index is 395. The summed E-state index contributed by atoms with van der Waals surface area (Å²) >= 11 is 0. The van der Waals surface area contributed by atoms with E-state index in [2.05, 4.69) is 60.2 Å². The second-order valence-corrected chi connectivity index (χ2v) is 6.13. The molecule has 20 heavy (non-hydrogen) atoms. The highest BCUT2D eigenvalue weighted by Crippen LogP contribution is 2.17. The lowest BCUT2D eigenvalue weighted by Gasteiger charge is -2.36. The topological polar surface area (TPSA) is 18.5 Å². The summed E-state index contributed by atoms with van der Waals surface area (Å²) in [4.78, 5) is 5.10. The third-order valence-corrected chi connectivity index (χ3v) is 3.94. The van der Waals surface area contributed by atoms with Crippen molar-refractivity contribution in [2.24, 2.45) is 0 Å². The normalized spacial score (nSPS) is 16.9. The fourth-order valence-electron chi connectivity index (χ4n) is 2.75.